The lowest BCUT2D eigenvalue weighted by atomic mass is 9.98. The molecule has 2 heterocycles. The average molecular weight is 649 g/mol. The van der Waals surface area contributed by atoms with Crippen LogP contribution in [0.2, 0.25) is 0 Å². The van der Waals surface area contributed by atoms with Crippen molar-refractivity contribution in [3.05, 3.63) is 58.9 Å². The van der Waals surface area contributed by atoms with Gasteiger partial charge in [0.1, 0.15) is 17.0 Å². The van der Waals surface area contributed by atoms with Crippen LogP contribution >= 0.6 is 0 Å². The lowest BCUT2D eigenvalue weighted by molar-refractivity contribution is 0.0221. The van der Waals surface area contributed by atoms with Crippen molar-refractivity contribution in [2.24, 2.45) is 0 Å². The Morgan fingerprint density at radius 3 is 2.24 bits per heavy atom. The molecule has 0 spiro atoms. The van der Waals surface area contributed by atoms with E-state index < -0.39 is 63.5 Å². The molecule has 13 heteroatoms. The van der Waals surface area contributed by atoms with Crippen LogP contribution in [0.25, 0.3) is 22.2 Å². The molecular weight excluding hydrogens is 607 g/mol. The Morgan fingerprint density at radius 2 is 1.67 bits per heavy atom. The third-order valence-corrected chi connectivity index (χ3v) is 7.17. The van der Waals surface area contributed by atoms with E-state index in [0.717, 1.165) is 17.7 Å². The summed E-state index contributed by atoms with van der Waals surface area (Å²) in [5.74, 6) is -1.70. The number of amides is 1. The first-order chi connectivity index (χ1) is 21.5. The van der Waals surface area contributed by atoms with E-state index in [0.29, 0.717) is 25.6 Å². The summed E-state index contributed by atoms with van der Waals surface area (Å²) in [6, 6.07) is 7.34. The van der Waals surface area contributed by atoms with E-state index in [-0.39, 0.29) is 33.3 Å². The molecule has 1 aromatic heterocycles. The molecule has 244 valence electrons. The Bertz CT molecular complexity index is 1840. The summed E-state index contributed by atoms with van der Waals surface area (Å²) in [7, 11) is -3.37. The number of esters is 1. The van der Waals surface area contributed by atoms with Gasteiger partial charge in [-0.3, -0.25) is 4.18 Å². The van der Waals surface area contributed by atoms with Crippen molar-refractivity contribution in [3.8, 4) is 11.3 Å². The minimum Gasteiger partial charge on any atom is -0.465 e. The maximum absolute atomic E-state index is 16.2. The van der Waals surface area contributed by atoms with E-state index in [1.165, 1.54) is 35.2 Å². The van der Waals surface area contributed by atoms with Gasteiger partial charge in [-0.25, -0.2) is 23.3 Å². The van der Waals surface area contributed by atoms with Gasteiger partial charge in [-0.2, -0.15) is 8.42 Å². The average Bonchev–Trinajstić information content (AvgIpc) is 3.53. The van der Waals surface area contributed by atoms with Crippen molar-refractivity contribution in [1.29, 1.82) is 0 Å². The van der Waals surface area contributed by atoms with Crippen LogP contribution in [0.3, 0.4) is 0 Å². The zero-order chi connectivity index (χ0) is 35.3. The smallest absolute Gasteiger partial charge is 0.419 e. The highest BCUT2D eigenvalue weighted by atomic mass is 32.2. The maximum Gasteiger partial charge on any atom is 0.419 e. The number of benzene rings is 2. The number of nitrogens with zero attached hydrogens (tertiary/aromatic N) is 2. The van der Waals surface area contributed by atoms with Crippen molar-refractivity contribution in [1.82, 2.24) is 9.47 Å². The number of methoxy groups -OCH3 is 1. The molecule has 4 rings (SSSR count). The third-order valence-electron chi connectivity index (χ3n) is 6.78. The van der Waals surface area contributed by atoms with Crippen LogP contribution in [0, 0.1) is 5.82 Å². The molecule has 1 unspecified atom stereocenters. The van der Waals surface area contributed by atoms with Gasteiger partial charge >= 0.3 is 18.2 Å². The number of hydrogen-bond donors (Lipinski definition) is 0. The molecule has 0 aliphatic carbocycles. The molecule has 3 aromatic rings. The van der Waals surface area contributed by atoms with Gasteiger partial charge in [0.15, 0.2) is 0 Å². The van der Waals surface area contributed by atoms with Gasteiger partial charge in [0.2, 0.25) is 0 Å². The minimum atomic E-state index is -4.47. The molecule has 1 saturated heterocycles. The van der Waals surface area contributed by atoms with E-state index in [2.05, 4.69) is 0 Å². The number of halogens is 1. The van der Waals surface area contributed by atoms with Crippen molar-refractivity contribution < 1.29 is 48.3 Å². The lowest BCUT2D eigenvalue weighted by Crippen LogP contribution is -2.36. The van der Waals surface area contributed by atoms with E-state index >= 15 is 4.39 Å². The number of rotatable bonds is 6. The second kappa shape index (κ2) is 12.4. The molecule has 1 fully saturated rings. The summed E-state index contributed by atoms with van der Waals surface area (Å²) in [5.41, 5.74) is -2.85. The van der Waals surface area contributed by atoms with Crippen molar-refractivity contribution in [2.45, 2.75) is 78.2 Å². The number of carbonyl (C=O) groups is 3. The molecule has 1 atom stereocenters. The number of fused-ring (bicyclic) bond motifs is 1. The summed E-state index contributed by atoms with van der Waals surface area (Å²) in [6.07, 6.45) is 0.0772. The van der Waals surface area contributed by atoms with E-state index in [1.54, 1.807) is 41.5 Å². The van der Waals surface area contributed by atoms with E-state index in [4.69, 9.17) is 21.1 Å². The molecule has 2 aromatic carbocycles. The van der Waals surface area contributed by atoms with Gasteiger partial charge in [0, 0.05) is 28.6 Å². The normalized spacial score (nSPS) is 16.7. The molecule has 1 aliphatic rings. The fourth-order valence-corrected chi connectivity index (χ4v) is 5.42. The topological polar surface area (TPSA) is 130 Å². The highest BCUT2D eigenvalue weighted by Gasteiger charge is 2.35. The second-order valence-corrected chi connectivity index (χ2v) is 14.3. The molecule has 1 aliphatic heterocycles. The number of likely N-dealkylation sites (tertiary alicyclic amines) is 1. The summed E-state index contributed by atoms with van der Waals surface area (Å²) in [4.78, 5) is 41.1. The predicted octanol–water partition coefficient (Wildman–Crippen LogP) is 6.57. The molecule has 0 saturated carbocycles. The molecule has 0 bridgehead atoms. The van der Waals surface area contributed by atoms with Gasteiger partial charge in [0.05, 0.1) is 45.5 Å². The van der Waals surface area contributed by atoms with Gasteiger partial charge in [0.25, 0.3) is 10.1 Å². The standard InChI is InChI=1S/C32H39FN2O9S/c1-31(2,3)43-29(37)34-16-10-13-24(34)20-15-14-19(17-23(20)33)27-22(18-42-45(8,39)40)26-21(28(36)41-7)11-9-12-25(26)35(27)30(38)44-32(4,5)6/h9,11-12,14-15,17,24H,10,13,16,18H2,1-8H3/i18D2. The largest absolute Gasteiger partial charge is 0.465 e. The Morgan fingerprint density at radius 1 is 1.02 bits per heavy atom. The van der Waals surface area contributed by atoms with Crippen molar-refractivity contribution in [2.75, 3.05) is 19.9 Å². The first kappa shape index (κ1) is 31.0. The Kier molecular flexibility index (Phi) is 8.57. The fourth-order valence-electron chi connectivity index (χ4n) is 5.18. The Hall–Kier alpha value is -3.97. The SMILES string of the molecule is [2H]C([2H])(OS(C)(=O)=O)c1c(-c2ccc(C3CCCN3C(=O)OC(C)(C)C)c(F)c2)n(C(=O)OC(C)(C)C)c2cccc(C(=O)OC)c12. The molecule has 11 nitrogen and oxygen atoms in total. The zero-order valence-corrected chi connectivity index (χ0v) is 27.3. The quantitative estimate of drug-likeness (QED) is 0.166. The number of hydrogen-bond acceptors (Lipinski definition) is 9. The summed E-state index contributed by atoms with van der Waals surface area (Å²) in [6.45, 7) is 7.16. The summed E-state index contributed by atoms with van der Waals surface area (Å²) >= 11 is 0. The van der Waals surface area contributed by atoms with E-state index in [1.807, 2.05) is 0 Å². The van der Waals surface area contributed by atoms with Crippen molar-refractivity contribution >= 4 is 39.2 Å². The number of ether oxygens (including phenoxy) is 3. The second-order valence-electron chi connectivity index (χ2n) is 12.7. The molecule has 1 amide bonds. The number of aromatic nitrogens is 1. The fraction of sp³-hybridized carbons (Fsp3) is 0.469. The monoisotopic (exact) mass is 648 g/mol. The summed E-state index contributed by atoms with van der Waals surface area (Å²) < 4.78 is 80.2. The van der Waals surface area contributed by atoms with Crippen LogP contribution in [0.4, 0.5) is 14.0 Å². The molecule has 45 heavy (non-hydrogen) atoms. The highest BCUT2D eigenvalue weighted by molar-refractivity contribution is 7.85. The Balaban J connectivity index is 2.04. The predicted molar refractivity (Wildman–Crippen MR) is 165 cm³/mol. The van der Waals surface area contributed by atoms with Crippen LogP contribution in [-0.2, 0) is 35.1 Å². The first-order valence-electron chi connectivity index (χ1n) is 15.2. The molecular formula is C32H39FN2O9S. The zero-order valence-electron chi connectivity index (χ0n) is 28.5. The first-order valence-corrected chi connectivity index (χ1v) is 16.1. The molecule has 0 radical (unpaired) electrons. The highest BCUT2D eigenvalue weighted by Crippen LogP contribution is 2.40. The lowest BCUT2D eigenvalue weighted by Gasteiger charge is -2.29. The van der Waals surface area contributed by atoms with E-state index in [9.17, 15) is 22.8 Å². The van der Waals surface area contributed by atoms with Crippen LogP contribution < -0.4 is 0 Å². The molecule has 0 N–H and O–H groups in total. The third kappa shape index (κ3) is 7.64. The maximum atomic E-state index is 16.2. The van der Waals surface area contributed by atoms with Gasteiger partial charge in [-0.15, -0.1) is 0 Å². The van der Waals surface area contributed by atoms with Gasteiger partial charge < -0.3 is 19.1 Å². The van der Waals surface area contributed by atoms with Crippen LogP contribution in [-0.4, -0.2) is 67.2 Å². The minimum absolute atomic E-state index is 0.0514. The van der Waals surface area contributed by atoms with Gasteiger partial charge in [-0.05, 0) is 72.6 Å². The Labute approximate surface area is 265 Å². The van der Waals surface area contributed by atoms with Crippen LogP contribution in [0.5, 0.6) is 0 Å². The number of carbonyl (C=O) groups excluding carboxylic acids is 3. The van der Waals surface area contributed by atoms with Crippen LogP contribution in [0.1, 0.15) is 84.7 Å². The van der Waals surface area contributed by atoms with Crippen molar-refractivity contribution in [3.63, 3.8) is 0 Å². The summed E-state index contributed by atoms with van der Waals surface area (Å²) in [5, 5.41) is -0.203. The van der Waals surface area contributed by atoms with Crippen LogP contribution in [0.15, 0.2) is 36.4 Å². The van der Waals surface area contributed by atoms with Gasteiger partial charge in [-0.1, -0.05) is 18.2 Å².